The van der Waals surface area contributed by atoms with Crippen LogP contribution in [0.3, 0.4) is 0 Å². The van der Waals surface area contributed by atoms with Crippen molar-refractivity contribution in [1.82, 2.24) is 5.32 Å². The quantitative estimate of drug-likeness (QED) is 0.517. The lowest BCUT2D eigenvalue weighted by Crippen LogP contribution is -2.55. The van der Waals surface area contributed by atoms with Crippen LogP contribution in [-0.4, -0.2) is 24.0 Å². The molecule has 10 heteroatoms. The van der Waals surface area contributed by atoms with Crippen LogP contribution in [0.4, 0.5) is 18.2 Å². The smallest absolute Gasteiger partial charge is 0.417 e. The van der Waals surface area contributed by atoms with Crippen LogP contribution in [0.1, 0.15) is 71.3 Å². The first-order chi connectivity index (χ1) is 14.7. The first-order valence-electron chi connectivity index (χ1n) is 9.97. The first kappa shape index (κ1) is 24.5. The predicted molar refractivity (Wildman–Crippen MR) is 119 cm³/mol. The van der Waals surface area contributed by atoms with Crippen LogP contribution >= 0.6 is 22.9 Å². The van der Waals surface area contributed by atoms with E-state index in [2.05, 4.69) is 10.6 Å². The predicted octanol–water partition coefficient (Wildman–Crippen LogP) is 6.01. The van der Waals surface area contributed by atoms with Gasteiger partial charge < -0.3 is 15.4 Å². The molecule has 1 amide bonds. The highest BCUT2D eigenvalue weighted by atomic mass is 35.5. The van der Waals surface area contributed by atoms with Crippen molar-refractivity contribution in [2.24, 2.45) is 0 Å². The molecule has 1 aliphatic heterocycles. The second-order valence-corrected chi connectivity index (χ2v) is 10.2. The number of carbonyl (C=O) groups is 2. The fraction of sp³-hybridized carbons (Fsp3) is 0.455. The summed E-state index contributed by atoms with van der Waals surface area (Å²) in [6, 6.07) is 2.80. The van der Waals surface area contributed by atoms with Gasteiger partial charge in [-0.15, -0.1) is 11.3 Å². The zero-order chi connectivity index (χ0) is 24.1. The highest BCUT2D eigenvalue weighted by molar-refractivity contribution is 7.17. The molecular weight excluding hydrogens is 465 g/mol. The minimum atomic E-state index is -4.74. The number of rotatable bonds is 4. The van der Waals surface area contributed by atoms with Gasteiger partial charge in [0, 0.05) is 21.0 Å². The number of thiophene rings is 1. The summed E-state index contributed by atoms with van der Waals surface area (Å²) in [7, 11) is 0. The number of carbonyl (C=O) groups excluding carboxylic acids is 2. The van der Waals surface area contributed by atoms with Crippen molar-refractivity contribution in [2.45, 2.75) is 58.3 Å². The third kappa shape index (κ3) is 4.79. The molecule has 0 unspecified atom stereocenters. The van der Waals surface area contributed by atoms with Crippen molar-refractivity contribution in [3.63, 3.8) is 0 Å². The van der Waals surface area contributed by atoms with Crippen LogP contribution in [0.15, 0.2) is 18.2 Å². The van der Waals surface area contributed by atoms with E-state index in [-0.39, 0.29) is 27.7 Å². The van der Waals surface area contributed by atoms with Gasteiger partial charge in [-0.25, -0.2) is 4.79 Å². The second kappa shape index (κ2) is 8.35. The van der Waals surface area contributed by atoms with Gasteiger partial charge in [0.2, 0.25) is 0 Å². The lowest BCUT2D eigenvalue weighted by molar-refractivity contribution is -0.137. The molecule has 0 saturated carbocycles. The molecule has 5 nitrogen and oxygen atoms in total. The minimum absolute atomic E-state index is 0.00803. The van der Waals surface area contributed by atoms with Crippen molar-refractivity contribution < 1.29 is 27.5 Å². The Labute approximate surface area is 193 Å². The summed E-state index contributed by atoms with van der Waals surface area (Å²) < 4.78 is 45.6. The molecule has 0 saturated heterocycles. The SMILES string of the molecule is CCOC(=O)c1c(NC(=O)c2cc(Cl)ccc2C(F)(F)F)sc2c1CC(C)(C)NC2(C)C. The lowest BCUT2D eigenvalue weighted by Gasteiger charge is -2.42. The van der Waals surface area contributed by atoms with E-state index in [1.54, 1.807) is 6.92 Å². The number of hydrogen-bond acceptors (Lipinski definition) is 5. The van der Waals surface area contributed by atoms with Crippen LogP contribution in [0.2, 0.25) is 5.02 Å². The summed E-state index contributed by atoms with van der Waals surface area (Å²) in [6.07, 6.45) is -4.26. The van der Waals surface area contributed by atoms with Gasteiger partial charge in [-0.05, 0) is 64.8 Å². The van der Waals surface area contributed by atoms with E-state index in [4.69, 9.17) is 16.3 Å². The monoisotopic (exact) mass is 488 g/mol. The van der Waals surface area contributed by atoms with E-state index < -0.39 is 34.7 Å². The molecule has 1 aromatic carbocycles. The average molecular weight is 489 g/mol. The van der Waals surface area contributed by atoms with E-state index in [1.165, 1.54) is 0 Å². The number of esters is 1. The molecule has 2 N–H and O–H groups in total. The standard InChI is InChI=1S/C22H24ClF3N2O3S/c1-6-31-19(30)15-13-10-20(2,3)28-21(4,5)16(13)32-18(15)27-17(29)12-9-11(23)7-8-14(12)22(24,25)26/h7-9,28H,6,10H2,1-5H3,(H,27,29). The Bertz CT molecular complexity index is 1080. The summed E-state index contributed by atoms with van der Waals surface area (Å²) >= 11 is 7.02. The molecule has 0 aliphatic carbocycles. The largest absolute Gasteiger partial charge is 0.462 e. The zero-order valence-electron chi connectivity index (χ0n) is 18.3. The summed E-state index contributed by atoms with van der Waals surface area (Å²) in [5, 5.41) is 6.16. The average Bonchev–Trinajstić information content (AvgIpc) is 2.97. The maximum absolute atomic E-state index is 13.5. The number of anilines is 1. The molecule has 174 valence electrons. The van der Waals surface area contributed by atoms with E-state index in [0.717, 1.165) is 40.0 Å². The molecular formula is C22H24ClF3N2O3S. The number of ether oxygens (including phenoxy) is 1. The molecule has 32 heavy (non-hydrogen) atoms. The van der Waals surface area contributed by atoms with Crippen LogP contribution in [0.5, 0.6) is 0 Å². The molecule has 0 spiro atoms. The van der Waals surface area contributed by atoms with Crippen molar-refractivity contribution >= 4 is 39.8 Å². The Morgan fingerprint density at radius 2 is 1.91 bits per heavy atom. The fourth-order valence-corrected chi connectivity index (χ4v) is 5.59. The number of amides is 1. The Balaban J connectivity index is 2.12. The fourth-order valence-electron chi connectivity index (χ4n) is 4.16. The Hall–Kier alpha value is -2.10. The second-order valence-electron chi connectivity index (χ2n) is 8.79. The molecule has 1 aliphatic rings. The molecule has 2 heterocycles. The van der Waals surface area contributed by atoms with Crippen molar-refractivity contribution in [2.75, 3.05) is 11.9 Å². The number of fused-ring (bicyclic) bond motifs is 1. The van der Waals surface area contributed by atoms with Crippen LogP contribution in [-0.2, 0) is 22.9 Å². The van der Waals surface area contributed by atoms with Crippen LogP contribution in [0.25, 0.3) is 0 Å². The minimum Gasteiger partial charge on any atom is -0.462 e. The molecule has 0 bridgehead atoms. The number of halogens is 4. The third-order valence-corrected chi connectivity index (χ3v) is 6.79. The number of alkyl halides is 3. The molecule has 0 radical (unpaired) electrons. The third-order valence-electron chi connectivity index (χ3n) is 5.08. The highest BCUT2D eigenvalue weighted by Gasteiger charge is 2.42. The number of hydrogen-bond donors (Lipinski definition) is 2. The van der Waals surface area contributed by atoms with Gasteiger partial charge in [0.05, 0.1) is 23.3 Å². The van der Waals surface area contributed by atoms with E-state index in [1.807, 2.05) is 27.7 Å². The van der Waals surface area contributed by atoms with E-state index >= 15 is 0 Å². The molecule has 1 aromatic heterocycles. The number of nitrogens with one attached hydrogen (secondary N) is 2. The lowest BCUT2D eigenvalue weighted by atomic mass is 9.81. The van der Waals surface area contributed by atoms with Gasteiger partial charge in [-0.2, -0.15) is 13.2 Å². The van der Waals surface area contributed by atoms with Crippen molar-refractivity contribution in [1.29, 1.82) is 0 Å². The summed E-state index contributed by atoms with van der Waals surface area (Å²) in [4.78, 5) is 26.6. The topological polar surface area (TPSA) is 67.4 Å². The van der Waals surface area contributed by atoms with Gasteiger partial charge in [-0.3, -0.25) is 4.79 Å². The number of benzene rings is 1. The van der Waals surface area contributed by atoms with E-state index in [0.29, 0.717) is 6.42 Å². The molecule has 2 aromatic rings. The molecule has 3 rings (SSSR count). The molecule has 0 fully saturated rings. The Morgan fingerprint density at radius 3 is 2.50 bits per heavy atom. The summed E-state index contributed by atoms with van der Waals surface area (Å²) in [6.45, 7) is 9.65. The van der Waals surface area contributed by atoms with Crippen molar-refractivity contribution in [3.05, 3.63) is 50.4 Å². The first-order valence-corrected chi connectivity index (χ1v) is 11.2. The van der Waals surface area contributed by atoms with Crippen LogP contribution in [0, 0.1) is 0 Å². The normalized spacial score (nSPS) is 16.9. The van der Waals surface area contributed by atoms with Gasteiger partial charge in [-0.1, -0.05) is 11.6 Å². The summed E-state index contributed by atoms with van der Waals surface area (Å²) in [5.41, 5.74) is -1.71. The van der Waals surface area contributed by atoms with Gasteiger partial charge in [0.15, 0.2) is 0 Å². The Morgan fingerprint density at radius 1 is 1.25 bits per heavy atom. The Kier molecular flexibility index (Phi) is 6.40. The van der Waals surface area contributed by atoms with Crippen LogP contribution < -0.4 is 10.6 Å². The zero-order valence-corrected chi connectivity index (χ0v) is 19.9. The maximum Gasteiger partial charge on any atom is 0.417 e. The maximum atomic E-state index is 13.5. The summed E-state index contributed by atoms with van der Waals surface area (Å²) in [5.74, 6) is -1.63. The molecule has 0 atom stereocenters. The van der Waals surface area contributed by atoms with E-state index in [9.17, 15) is 22.8 Å². The van der Waals surface area contributed by atoms with Gasteiger partial charge >= 0.3 is 12.1 Å². The van der Waals surface area contributed by atoms with Gasteiger partial charge in [0.1, 0.15) is 5.00 Å². The van der Waals surface area contributed by atoms with Gasteiger partial charge in [0.25, 0.3) is 5.91 Å². The highest BCUT2D eigenvalue weighted by Crippen LogP contribution is 2.45. The van der Waals surface area contributed by atoms with Crippen molar-refractivity contribution in [3.8, 4) is 0 Å².